The smallest absolute Gasteiger partial charge is 2.00 e. The van der Waals surface area contributed by atoms with Gasteiger partial charge in [-0.2, -0.15) is 0 Å². The molecule has 6 rings (SSSR count). The Bertz CT molecular complexity index is 1350. The molecule has 2 aliphatic rings. The van der Waals surface area contributed by atoms with Gasteiger partial charge in [0.2, 0.25) is 0 Å². The van der Waals surface area contributed by atoms with Gasteiger partial charge in [0, 0.05) is 0 Å². The minimum Gasteiger partial charge on any atom is 2.00 e. The molecular formula is C34H24Cl2FeP2Pd+4. The summed E-state index contributed by atoms with van der Waals surface area (Å²) in [6.07, 6.45) is 0. The molecule has 0 radical (unpaired) electrons. The molecule has 0 saturated carbocycles. The Kier molecular flexibility index (Phi) is 14.7. The van der Waals surface area contributed by atoms with E-state index in [0.29, 0.717) is 0 Å². The topological polar surface area (TPSA) is 0 Å². The summed E-state index contributed by atoms with van der Waals surface area (Å²) >= 11 is -0.106. The Hall–Kier alpha value is -2.26. The van der Waals surface area contributed by atoms with E-state index in [1.54, 1.807) is 0 Å². The zero-order valence-corrected chi connectivity index (χ0v) is 27.3. The molecule has 0 heterocycles. The van der Waals surface area contributed by atoms with Crippen LogP contribution in [0.3, 0.4) is 0 Å². The molecule has 0 unspecified atom stereocenters. The largest absolute Gasteiger partial charge is 2.00 e. The van der Waals surface area contributed by atoms with Crippen molar-refractivity contribution < 1.29 is 33.0 Å². The maximum absolute atomic E-state index is 4.81. The molecule has 0 spiro atoms. The van der Waals surface area contributed by atoms with E-state index < -0.39 is 15.8 Å². The summed E-state index contributed by atoms with van der Waals surface area (Å²) in [6, 6.07) is 42.6. The Morgan fingerprint density at radius 2 is 0.625 bits per heavy atom. The predicted molar refractivity (Wildman–Crippen MR) is 171 cm³/mol. The molecular weight excluding hydrogens is 703 g/mol. The van der Waals surface area contributed by atoms with Crippen molar-refractivity contribution in [2.24, 2.45) is 0 Å². The van der Waals surface area contributed by atoms with Gasteiger partial charge >= 0.3 is 52.1 Å². The molecule has 198 valence electrons. The summed E-state index contributed by atoms with van der Waals surface area (Å²) in [5, 5.41) is 5.52. The van der Waals surface area contributed by atoms with Gasteiger partial charge in [-0.25, -0.2) is 0 Å². The average Bonchev–Trinajstić information content (AvgIpc) is 3.72. The van der Waals surface area contributed by atoms with Crippen molar-refractivity contribution in [2.75, 3.05) is 0 Å². The minimum atomic E-state index is -0.925. The van der Waals surface area contributed by atoms with Gasteiger partial charge in [-0.1, -0.05) is 72.8 Å². The van der Waals surface area contributed by atoms with Crippen LogP contribution in [0.2, 0.25) is 0 Å². The quantitative estimate of drug-likeness (QED) is 0.133. The van der Waals surface area contributed by atoms with E-state index in [1.165, 1.54) is 21.2 Å². The molecule has 0 aliphatic heterocycles. The van der Waals surface area contributed by atoms with Crippen LogP contribution in [0.1, 0.15) is 0 Å². The van der Waals surface area contributed by atoms with Crippen LogP contribution in [0.15, 0.2) is 121 Å². The van der Waals surface area contributed by atoms with E-state index in [9.17, 15) is 0 Å². The second kappa shape index (κ2) is 18.2. The summed E-state index contributed by atoms with van der Waals surface area (Å²) in [7, 11) is 7.78. The molecule has 0 N–H and O–H groups in total. The van der Waals surface area contributed by atoms with Crippen LogP contribution in [-0.4, -0.2) is 11.3 Å². The first-order valence-corrected chi connectivity index (χ1v) is 19.3. The molecule has 4 aromatic carbocycles. The maximum atomic E-state index is 4.81. The van der Waals surface area contributed by atoms with Crippen LogP contribution < -0.4 is 21.2 Å². The van der Waals surface area contributed by atoms with E-state index in [-0.39, 0.29) is 44.3 Å². The van der Waals surface area contributed by atoms with Crippen molar-refractivity contribution in [1.82, 2.24) is 0 Å². The number of hydrogen-bond acceptors (Lipinski definition) is 0. The first-order valence-electron chi connectivity index (χ1n) is 12.1. The molecule has 6 heteroatoms. The third kappa shape index (κ3) is 9.40. The van der Waals surface area contributed by atoms with Crippen molar-refractivity contribution in [3.05, 3.63) is 121 Å². The molecule has 0 nitrogen and oxygen atoms in total. The fraction of sp³-hybridized carbons (Fsp3) is 0.0588. The maximum Gasteiger partial charge on any atom is 2.00 e. The predicted octanol–water partition coefficient (Wildman–Crippen LogP) is 5.86. The van der Waals surface area contributed by atoms with Gasteiger partial charge in [0.15, 0.2) is 11.3 Å². The minimum absolute atomic E-state index is 0. The van der Waals surface area contributed by atoms with Crippen LogP contribution in [0.25, 0.3) is 0 Å². The van der Waals surface area contributed by atoms with Crippen molar-refractivity contribution in [3.8, 4) is 47.4 Å². The van der Waals surface area contributed by atoms with Crippen LogP contribution in [0.4, 0.5) is 0 Å². The standard InChI is InChI=1S/2C17H11P.2ClH.Fe.Pd/c2*1-3-9-15(10-4-1)18(17-13-7-8-14-17)16-11-5-2-6-12-16;;;;/h2*1-6,9-12,17H;2*1H;;/q;;;;2*+2. The van der Waals surface area contributed by atoms with Gasteiger partial charge in [-0.3, -0.25) is 0 Å². The fourth-order valence-corrected chi connectivity index (χ4v) is 9.34. The van der Waals surface area contributed by atoms with Gasteiger partial charge < -0.3 is 0 Å². The van der Waals surface area contributed by atoms with Crippen LogP contribution in [0, 0.1) is 47.4 Å². The molecule has 40 heavy (non-hydrogen) atoms. The Morgan fingerprint density at radius 3 is 0.825 bits per heavy atom. The zero-order valence-electron chi connectivity index (χ0n) is 21.1. The fourth-order valence-electron chi connectivity index (χ4n) is 4.26. The molecule has 0 fully saturated rings. The van der Waals surface area contributed by atoms with Crippen molar-refractivity contribution in [1.29, 1.82) is 0 Å². The number of rotatable bonds is 6. The van der Waals surface area contributed by atoms with Crippen LogP contribution in [-0.2, 0) is 33.0 Å². The van der Waals surface area contributed by atoms with E-state index >= 15 is 0 Å². The molecule has 0 aromatic heterocycles. The number of hydrogen-bond donors (Lipinski definition) is 0. The Labute approximate surface area is 267 Å². The van der Waals surface area contributed by atoms with Gasteiger partial charge in [0.1, 0.15) is 0 Å². The summed E-state index contributed by atoms with van der Waals surface area (Å²) in [4.78, 5) is 0. The number of benzene rings is 4. The van der Waals surface area contributed by atoms with E-state index in [2.05, 4.69) is 169 Å². The van der Waals surface area contributed by atoms with E-state index in [0.717, 1.165) is 0 Å². The van der Waals surface area contributed by atoms with Crippen LogP contribution >= 0.6 is 34.9 Å². The van der Waals surface area contributed by atoms with Crippen molar-refractivity contribution >= 4 is 56.1 Å². The van der Waals surface area contributed by atoms with Crippen LogP contribution in [0.5, 0.6) is 0 Å². The Balaban J connectivity index is 0.000000197. The third-order valence-electron chi connectivity index (χ3n) is 5.91. The first-order chi connectivity index (χ1) is 19.3. The van der Waals surface area contributed by atoms with Gasteiger partial charge in [-0.15, -0.1) is 0 Å². The summed E-state index contributed by atoms with van der Waals surface area (Å²) in [5.74, 6) is 24.5. The Morgan fingerprint density at radius 1 is 0.425 bits per heavy atom. The van der Waals surface area contributed by atoms with Crippen molar-refractivity contribution in [2.45, 2.75) is 11.3 Å². The first kappa shape index (κ1) is 32.3. The van der Waals surface area contributed by atoms with E-state index in [1.807, 2.05) is 0 Å². The molecule has 0 bridgehead atoms. The summed E-state index contributed by atoms with van der Waals surface area (Å²) < 4.78 is 0. The molecule has 0 amide bonds. The average molecular weight is 728 g/mol. The van der Waals surface area contributed by atoms with E-state index in [4.69, 9.17) is 19.1 Å². The summed E-state index contributed by atoms with van der Waals surface area (Å²) in [6.45, 7) is 0. The molecule has 2 aliphatic carbocycles. The SMILES string of the molecule is C1#CC([PH+](c2ccccc2)c2ccccc2)C#C1.C1#CC([PH+](c2ccccc2)c2ccccc2)C#C1.[Cl][Pd][Cl].[Fe+2]. The molecule has 4 aromatic rings. The zero-order chi connectivity index (χ0) is 27.1. The van der Waals surface area contributed by atoms with Gasteiger partial charge in [0.05, 0.1) is 37.1 Å². The molecule has 0 atom stereocenters. The third-order valence-corrected chi connectivity index (χ3v) is 11.5. The number of halogens is 2. The monoisotopic (exact) mass is 726 g/mol. The summed E-state index contributed by atoms with van der Waals surface area (Å²) in [5.41, 5.74) is 0.416. The van der Waals surface area contributed by atoms with Gasteiger partial charge in [-0.05, 0) is 95.9 Å². The normalized spacial score (nSPS) is 12.0. The van der Waals surface area contributed by atoms with Gasteiger partial charge in [0.25, 0.3) is 0 Å². The second-order valence-corrected chi connectivity index (χ2v) is 15.8. The second-order valence-electron chi connectivity index (χ2n) is 8.28. The molecule has 0 saturated heterocycles. The van der Waals surface area contributed by atoms with Crippen molar-refractivity contribution in [3.63, 3.8) is 0 Å².